The van der Waals surface area contributed by atoms with Crippen LogP contribution in [0.5, 0.6) is 0 Å². The summed E-state index contributed by atoms with van der Waals surface area (Å²) in [5.41, 5.74) is -0.204. The summed E-state index contributed by atoms with van der Waals surface area (Å²) in [5.74, 6) is -1.50. The summed E-state index contributed by atoms with van der Waals surface area (Å²) in [4.78, 5) is 27.4. The van der Waals surface area contributed by atoms with Crippen LogP contribution in [0.15, 0.2) is 12.1 Å². The zero-order valence-electron chi connectivity index (χ0n) is 9.77. The van der Waals surface area contributed by atoms with Crippen LogP contribution in [0, 0.1) is 0 Å². The third-order valence-corrected chi connectivity index (χ3v) is 4.54. The van der Waals surface area contributed by atoms with Crippen molar-refractivity contribution in [3.63, 3.8) is 0 Å². The number of ketones is 1. The Bertz CT molecular complexity index is 604. The summed E-state index contributed by atoms with van der Waals surface area (Å²) in [5, 5.41) is 12.4. The van der Waals surface area contributed by atoms with Crippen molar-refractivity contribution >= 4 is 51.2 Å². The van der Waals surface area contributed by atoms with E-state index in [-0.39, 0.29) is 16.4 Å². The second-order valence-corrected chi connectivity index (χ2v) is 6.42. The number of rotatable bonds is 5. The van der Waals surface area contributed by atoms with Crippen LogP contribution in [0.25, 0.3) is 0 Å². The third kappa shape index (κ3) is 3.31. The zero-order chi connectivity index (χ0) is 14.0. The molecule has 0 radical (unpaired) electrons. The zero-order valence-corrected chi connectivity index (χ0v) is 12.2. The van der Waals surface area contributed by atoms with E-state index < -0.39 is 5.97 Å². The molecular formula is C11H9ClN2O3S2. The van der Waals surface area contributed by atoms with Crippen molar-refractivity contribution in [1.82, 2.24) is 4.98 Å². The van der Waals surface area contributed by atoms with Gasteiger partial charge in [0.25, 0.3) is 0 Å². The number of carboxylic acid groups (broad SMARTS) is 1. The van der Waals surface area contributed by atoms with Gasteiger partial charge in [0.1, 0.15) is 4.88 Å². The Morgan fingerprint density at radius 1 is 1.42 bits per heavy atom. The van der Waals surface area contributed by atoms with Crippen molar-refractivity contribution in [2.75, 3.05) is 5.32 Å². The topological polar surface area (TPSA) is 79.3 Å². The van der Waals surface area contributed by atoms with Crippen LogP contribution in [0.1, 0.15) is 32.0 Å². The third-order valence-electron chi connectivity index (χ3n) is 2.19. The van der Waals surface area contributed by atoms with Gasteiger partial charge < -0.3 is 10.4 Å². The second kappa shape index (κ2) is 5.68. The van der Waals surface area contributed by atoms with E-state index in [1.54, 1.807) is 6.07 Å². The second-order valence-electron chi connectivity index (χ2n) is 3.62. The van der Waals surface area contributed by atoms with Gasteiger partial charge in [-0.3, -0.25) is 4.79 Å². The lowest BCUT2D eigenvalue weighted by Gasteiger charge is -1.98. The first-order valence-corrected chi connectivity index (χ1v) is 7.21. The molecule has 2 N–H and O–H groups in total. The Labute approximate surface area is 121 Å². The molecule has 2 rings (SSSR count). The fraction of sp³-hybridized carbons (Fsp3) is 0.182. The summed E-state index contributed by atoms with van der Waals surface area (Å²) in [7, 11) is 0. The molecule has 8 heteroatoms. The van der Waals surface area contributed by atoms with Crippen LogP contribution < -0.4 is 5.32 Å². The molecule has 5 nitrogen and oxygen atoms in total. The maximum atomic E-state index is 11.3. The van der Waals surface area contributed by atoms with Crippen molar-refractivity contribution in [2.45, 2.75) is 13.5 Å². The number of carbonyl (C=O) groups excluding carboxylic acids is 1. The van der Waals surface area contributed by atoms with Crippen molar-refractivity contribution in [2.24, 2.45) is 0 Å². The van der Waals surface area contributed by atoms with Crippen molar-refractivity contribution < 1.29 is 14.7 Å². The van der Waals surface area contributed by atoms with Gasteiger partial charge in [-0.05, 0) is 12.1 Å². The van der Waals surface area contributed by atoms with Crippen LogP contribution >= 0.6 is 34.3 Å². The minimum absolute atomic E-state index is 0.152. The van der Waals surface area contributed by atoms with Crippen LogP contribution in [0.4, 0.5) is 5.13 Å². The van der Waals surface area contributed by atoms with Gasteiger partial charge in [-0.25, -0.2) is 9.78 Å². The van der Waals surface area contributed by atoms with E-state index in [0.717, 1.165) is 16.2 Å². The lowest BCUT2D eigenvalue weighted by atomic mass is 10.3. The molecule has 19 heavy (non-hydrogen) atoms. The number of nitrogens with one attached hydrogen (secondary N) is 1. The molecule has 0 aromatic carbocycles. The highest BCUT2D eigenvalue weighted by atomic mass is 35.5. The van der Waals surface area contributed by atoms with Gasteiger partial charge in [-0.1, -0.05) is 22.9 Å². The number of carbonyl (C=O) groups is 2. The Balaban J connectivity index is 2.15. The monoisotopic (exact) mass is 316 g/mol. The molecule has 100 valence electrons. The standard InChI is InChI=1S/C11H9ClN2O3S2/c1-5(15)9-8(10(16)17)14-11(19-9)13-4-6-2-3-7(12)18-6/h2-3H,4H2,1H3,(H,13,14)(H,16,17). The predicted molar refractivity (Wildman–Crippen MR) is 75.7 cm³/mol. The predicted octanol–water partition coefficient (Wildman–Crippen LogP) is 3.37. The molecular weight excluding hydrogens is 308 g/mol. The number of hydrogen-bond donors (Lipinski definition) is 2. The number of aromatic carboxylic acids is 1. The number of thiophene rings is 1. The number of anilines is 1. The molecule has 0 spiro atoms. The molecule has 2 heterocycles. The number of hydrogen-bond acceptors (Lipinski definition) is 6. The molecule has 0 saturated heterocycles. The van der Waals surface area contributed by atoms with E-state index in [9.17, 15) is 9.59 Å². The lowest BCUT2D eigenvalue weighted by Crippen LogP contribution is -2.04. The van der Waals surface area contributed by atoms with E-state index in [1.165, 1.54) is 18.3 Å². The van der Waals surface area contributed by atoms with Gasteiger partial charge >= 0.3 is 5.97 Å². The molecule has 0 fully saturated rings. The molecule has 2 aromatic rings. The molecule has 0 bridgehead atoms. The summed E-state index contributed by atoms with van der Waals surface area (Å²) in [6, 6.07) is 3.66. The summed E-state index contributed by atoms with van der Waals surface area (Å²) in [6.07, 6.45) is 0. The van der Waals surface area contributed by atoms with E-state index >= 15 is 0 Å². The van der Waals surface area contributed by atoms with Crippen molar-refractivity contribution in [1.29, 1.82) is 0 Å². The lowest BCUT2D eigenvalue weighted by molar-refractivity contribution is 0.0687. The normalized spacial score (nSPS) is 10.4. The SMILES string of the molecule is CC(=O)c1sc(NCc2ccc(Cl)s2)nc1C(=O)O. The highest BCUT2D eigenvalue weighted by Gasteiger charge is 2.20. The largest absolute Gasteiger partial charge is 0.476 e. The number of nitrogens with zero attached hydrogens (tertiary/aromatic N) is 1. The fourth-order valence-electron chi connectivity index (χ4n) is 1.39. The fourth-order valence-corrected chi connectivity index (χ4v) is 3.26. The first-order chi connectivity index (χ1) is 8.97. The van der Waals surface area contributed by atoms with E-state index in [1.807, 2.05) is 6.07 Å². The van der Waals surface area contributed by atoms with Crippen LogP contribution in [0.2, 0.25) is 4.34 Å². The van der Waals surface area contributed by atoms with E-state index in [2.05, 4.69) is 10.3 Å². The van der Waals surface area contributed by atoms with E-state index in [4.69, 9.17) is 16.7 Å². The maximum Gasteiger partial charge on any atom is 0.356 e. The molecule has 0 saturated carbocycles. The molecule has 0 amide bonds. The van der Waals surface area contributed by atoms with Gasteiger partial charge in [-0.2, -0.15) is 0 Å². The molecule has 2 aromatic heterocycles. The highest BCUT2D eigenvalue weighted by Crippen LogP contribution is 2.26. The first kappa shape index (κ1) is 14.0. The van der Waals surface area contributed by atoms with Gasteiger partial charge in [0.05, 0.1) is 10.9 Å². The van der Waals surface area contributed by atoms with Crippen LogP contribution in [-0.4, -0.2) is 21.8 Å². The van der Waals surface area contributed by atoms with Crippen LogP contribution in [-0.2, 0) is 6.54 Å². The van der Waals surface area contributed by atoms with Gasteiger partial charge in [0.15, 0.2) is 16.6 Å². The van der Waals surface area contributed by atoms with Crippen molar-refractivity contribution in [3.05, 3.63) is 31.9 Å². The Hall–Kier alpha value is -1.44. The van der Waals surface area contributed by atoms with Crippen molar-refractivity contribution in [3.8, 4) is 0 Å². The smallest absolute Gasteiger partial charge is 0.356 e. The summed E-state index contributed by atoms with van der Waals surface area (Å²) in [6.45, 7) is 1.81. The molecule has 0 atom stereocenters. The van der Waals surface area contributed by atoms with Crippen LogP contribution in [0.3, 0.4) is 0 Å². The molecule has 0 aliphatic carbocycles. The highest BCUT2D eigenvalue weighted by molar-refractivity contribution is 7.18. The Morgan fingerprint density at radius 3 is 2.63 bits per heavy atom. The Kier molecular flexibility index (Phi) is 4.18. The van der Waals surface area contributed by atoms with Gasteiger partial charge in [-0.15, -0.1) is 11.3 Å². The Morgan fingerprint density at radius 2 is 2.16 bits per heavy atom. The number of thiazole rings is 1. The van der Waals surface area contributed by atoms with Gasteiger partial charge in [0.2, 0.25) is 0 Å². The summed E-state index contributed by atoms with van der Waals surface area (Å²) >= 11 is 8.28. The van der Waals surface area contributed by atoms with E-state index in [0.29, 0.717) is 16.0 Å². The average Bonchev–Trinajstić information content (AvgIpc) is 2.92. The number of carboxylic acids is 1. The average molecular weight is 317 g/mol. The molecule has 0 unspecified atom stereocenters. The minimum Gasteiger partial charge on any atom is -0.476 e. The summed E-state index contributed by atoms with van der Waals surface area (Å²) < 4.78 is 0.687. The minimum atomic E-state index is -1.20. The quantitative estimate of drug-likeness (QED) is 0.827. The number of Topliss-reactive ketones (excluding diaryl/α,β-unsaturated/α-hetero) is 1. The molecule has 0 aliphatic rings. The number of aromatic nitrogens is 1. The number of halogens is 1. The van der Waals surface area contributed by atoms with Gasteiger partial charge in [0, 0.05) is 11.8 Å². The maximum absolute atomic E-state index is 11.3. The molecule has 0 aliphatic heterocycles. The first-order valence-electron chi connectivity index (χ1n) is 5.20.